The summed E-state index contributed by atoms with van der Waals surface area (Å²) in [5.74, 6) is -0.332. The van der Waals surface area contributed by atoms with Crippen molar-refractivity contribution in [3.8, 4) is 22.6 Å². The fourth-order valence-corrected chi connectivity index (χ4v) is 4.84. The lowest BCUT2D eigenvalue weighted by Crippen LogP contribution is -2.08. The fraction of sp³-hybridized carbons (Fsp3) is 0.190. The summed E-state index contributed by atoms with van der Waals surface area (Å²) in [6.07, 6.45) is 0.245. The molecular weight excluding hydrogens is 518 g/mol. The zero-order valence-corrected chi connectivity index (χ0v) is 19.2. The highest BCUT2D eigenvalue weighted by Gasteiger charge is 2.31. The summed E-state index contributed by atoms with van der Waals surface area (Å²) in [5, 5.41) is 0. The predicted octanol–water partition coefficient (Wildman–Crippen LogP) is 5.88. The van der Waals surface area contributed by atoms with E-state index in [0.717, 1.165) is 18.3 Å². The molecule has 0 saturated carbocycles. The standard InChI is InChI=1S/C21H14F6N4O2S2/c1-2-35(32,33)17-7-12(15-8-13(3-5-28-15)20(22,23)24)10-29-19(17)16-11-31-6-4-14(9-18(31)30-16)34-21(25,26)27/h3-11H,2H2,1H3. The van der Waals surface area contributed by atoms with Crippen LogP contribution >= 0.6 is 11.8 Å². The van der Waals surface area contributed by atoms with Crippen molar-refractivity contribution in [3.63, 3.8) is 0 Å². The van der Waals surface area contributed by atoms with Gasteiger partial charge in [-0.3, -0.25) is 9.97 Å². The molecule has 0 aliphatic rings. The number of sulfone groups is 1. The summed E-state index contributed by atoms with van der Waals surface area (Å²) in [6, 6.07) is 5.16. The van der Waals surface area contributed by atoms with Gasteiger partial charge in [0.15, 0.2) is 9.84 Å². The van der Waals surface area contributed by atoms with Crippen molar-refractivity contribution in [2.75, 3.05) is 5.75 Å². The first-order chi connectivity index (χ1) is 16.3. The third-order valence-electron chi connectivity index (χ3n) is 4.86. The molecule has 184 valence electrons. The van der Waals surface area contributed by atoms with Gasteiger partial charge in [0, 0.05) is 35.2 Å². The van der Waals surface area contributed by atoms with Crippen molar-refractivity contribution < 1.29 is 34.8 Å². The molecule has 4 aromatic rings. The average Bonchev–Trinajstić information content (AvgIpc) is 3.20. The maximum atomic E-state index is 13.1. The van der Waals surface area contributed by atoms with E-state index in [1.807, 2.05) is 0 Å². The number of hydrogen-bond donors (Lipinski definition) is 0. The lowest BCUT2D eigenvalue weighted by atomic mass is 10.1. The topological polar surface area (TPSA) is 77.2 Å². The van der Waals surface area contributed by atoms with E-state index in [9.17, 15) is 34.8 Å². The van der Waals surface area contributed by atoms with E-state index in [-0.39, 0.29) is 55.6 Å². The molecule has 0 aliphatic carbocycles. The van der Waals surface area contributed by atoms with E-state index in [1.165, 1.54) is 48.1 Å². The molecule has 0 radical (unpaired) electrons. The van der Waals surface area contributed by atoms with Gasteiger partial charge in [0.1, 0.15) is 17.0 Å². The monoisotopic (exact) mass is 532 g/mol. The van der Waals surface area contributed by atoms with Crippen LogP contribution in [-0.4, -0.2) is 39.0 Å². The van der Waals surface area contributed by atoms with Crippen LogP contribution in [0, 0.1) is 0 Å². The van der Waals surface area contributed by atoms with Crippen LogP contribution < -0.4 is 0 Å². The minimum atomic E-state index is -4.62. The Balaban J connectivity index is 1.83. The summed E-state index contributed by atoms with van der Waals surface area (Å²) < 4.78 is 104. The summed E-state index contributed by atoms with van der Waals surface area (Å²) in [6.45, 7) is 1.39. The number of pyridine rings is 3. The van der Waals surface area contributed by atoms with Crippen LogP contribution in [0.5, 0.6) is 0 Å². The number of hydrogen-bond acceptors (Lipinski definition) is 6. The molecule has 0 unspecified atom stereocenters. The van der Waals surface area contributed by atoms with E-state index in [2.05, 4.69) is 15.0 Å². The van der Waals surface area contributed by atoms with Crippen LogP contribution in [0.2, 0.25) is 0 Å². The molecule has 0 fully saturated rings. The molecular formula is C21H14F6N4O2S2. The van der Waals surface area contributed by atoms with E-state index in [4.69, 9.17) is 0 Å². The lowest BCUT2D eigenvalue weighted by molar-refractivity contribution is -0.137. The molecule has 4 aromatic heterocycles. The van der Waals surface area contributed by atoms with Gasteiger partial charge in [0.25, 0.3) is 0 Å². The minimum Gasteiger partial charge on any atom is -0.306 e. The Morgan fingerprint density at radius 3 is 2.40 bits per heavy atom. The van der Waals surface area contributed by atoms with Crippen LogP contribution in [0.4, 0.5) is 26.3 Å². The highest BCUT2D eigenvalue weighted by Crippen LogP contribution is 2.38. The number of rotatable bonds is 5. The molecule has 0 spiro atoms. The molecule has 0 bridgehead atoms. The minimum absolute atomic E-state index is 0.0412. The van der Waals surface area contributed by atoms with Gasteiger partial charge in [-0.05, 0) is 42.1 Å². The molecule has 0 aromatic carbocycles. The largest absolute Gasteiger partial charge is 0.446 e. The summed E-state index contributed by atoms with van der Waals surface area (Å²) >= 11 is -0.318. The van der Waals surface area contributed by atoms with Crippen LogP contribution in [-0.2, 0) is 16.0 Å². The van der Waals surface area contributed by atoms with Gasteiger partial charge in [0.05, 0.1) is 21.9 Å². The first kappa shape index (κ1) is 25.0. The van der Waals surface area contributed by atoms with Crippen molar-refractivity contribution in [2.45, 2.75) is 28.4 Å². The van der Waals surface area contributed by atoms with E-state index >= 15 is 0 Å². The second-order valence-corrected chi connectivity index (χ2v) is 10.6. The lowest BCUT2D eigenvalue weighted by Gasteiger charge is -2.11. The highest BCUT2D eigenvalue weighted by molar-refractivity contribution is 8.00. The third kappa shape index (κ3) is 5.42. The summed E-state index contributed by atoms with van der Waals surface area (Å²) in [5.41, 5.74) is -5.44. The number of thioether (sulfide) groups is 1. The van der Waals surface area contributed by atoms with Crippen molar-refractivity contribution in [1.29, 1.82) is 0 Å². The Morgan fingerprint density at radius 1 is 1.00 bits per heavy atom. The smallest absolute Gasteiger partial charge is 0.306 e. The molecule has 0 N–H and O–H groups in total. The van der Waals surface area contributed by atoms with Crippen LogP contribution in [0.15, 0.2) is 64.9 Å². The Kier molecular flexibility index (Phi) is 6.30. The van der Waals surface area contributed by atoms with Gasteiger partial charge in [0.2, 0.25) is 0 Å². The van der Waals surface area contributed by atoms with Crippen molar-refractivity contribution >= 4 is 27.2 Å². The molecule has 0 aliphatic heterocycles. The Hall–Kier alpha value is -3.13. The molecule has 4 heterocycles. The van der Waals surface area contributed by atoms with Gasteiger partial charge in [-0.25, -0.2) is 13.4 Å². The Morgan fingerprint density at radius 2 is 1.74 bits per heavy atom. The fourth-order valence-electron chi connectivity index (χ4n) is 3.21. The van der Waals surface area contributed by atoms with Crippen LogP contribution in [0.1, 0.15) is 12.5 Å². The Labute approximate surface area is 199 Å². The number of imidazole rings is 1. The summed E-state index contributed by atoms with van der Waals surface area (Å²) in [4.78, 5) is 11.9. The molecule has 0 amide bonds. The predicted molar refractivity (Wildman–Crippen MR) is 116 cm³/mol. The second-order valence-electron chi connectivity index (χ2n) is 7.20. The van der Waals surface area contributed by atoms with E-state index in [0.29, 0.717) is 0 Å². The van der Waals surface area contributed by atoms with Crippen LogP contribution in [0.3, 0.4) is 0 Å². The van der Waals surface area contributed by atoms with Gasteiger partial charge in [-0.15, -0.1) is 0 Å². The number of nitrogens with zero attached hydrogens (tertiary/aromatic N) is 4. The normalized spacial score (nSPS) is 12.9. The Bertz CT molecular complexity index is 1510. The van der Waals surface area contributed by atoms with E-state index < -0.39 is 27.1 Å². The molecule has 0 atom stereocenters. The van der Waals surface area contributed by atoms with Crippen molar-refractivity contribution in [2.24, 2.45) is 0 Å². The van der Waals surface area contributed by atoms with Crippen molar-refractivity contribution in [3.05, 3.63) is 60.7 Å². The molecule has 35 heavy (non-hydrogen) atoms. The second kappa shape index (κ2) is 8.82. The zero-order chi connectivity index (χ0) is 25.6. The first-order valence-electron chi connectivity index (χ1n) is 9.78. The van der Waals surface area contributed by atoms with Gasteiger partial charge < -0.3 is 4.40 Å². The number of alkyl halides is 6. The number of aromatic nitrogens is 4. The van der Waals surface area contributed by atoms with Crippen molar-refractivity contribution in [1.82, 2.24) is 19.4 Å². The molecule has 0 saturated heterocycles. The first-order valence-corrected chi connectivity index (χ1v) is 12.2. The maximum Gasteiger partial charge on any atom is 0.446 e. The SMILES string of the molecule is CCS(=O)(=O)c1cc(-c2cc(C(F)(F)F)ccn2)cnc1-c1cn2ccc(SC(F)(F)F)cc2n1. The zero-order valence-electron chi connectivity index (χ0n) is 17.6. The maximum absolute atomic E-state index is 13.1. The molecule has 14 heteroatoms. The third-order valence-corrected chi connectivity index (χ3v) is 7.32. The number of halogens is 6. The van der Waals surface area contributed by atoms with Gasteiger partial charge in [-0.2, -0.15) is 26.3 Å². The molecule has 6 nitrogen and oxygen atoms in total. The number of fused-ring (bicyclic) bond motifs is 1. The van der Waals surface area contributed by atoms with Crippen LogP contribution in [0.25, 0.3) is 28.3 Å². The van der Waals surface area contributed by atoms with Gasteiger partial charge in [-0.1, -0.05) is 6.92 Å². The quantitative estimate of drug-likeness (QED) is 0.236. The average molecular weight is 532 g/mol. The highest BCUT2D eigenvalue weighted by atomic mass is 32.2. The van der Waals surface area contributed by atoms with E-state index in [1.54, 1.807) is 0 Å². The summed E-state index contributed by atoms with van der Waals surface area (Å²) in [7, 11) is -3.93. The molecule has 4 rings (SSSR count). The van der Waals surface area contributed by atoms with Gasteiger partial charge >= 0.3 is 11.7 Å².